The van der Waals surface area contributed by atoms with E-state index in [0.717, 1.165) is 12.0 Å². The lowest BCUT2D eigenvalue weighted by Gasteiger charge is -2.07. The number of ether oxygens (including phenoxy) is 1. The van der Waals surface area contributed by atoms with Gasteiger partial charge in [-0.25, -0.2) is 0 Å². The summed E-state index contributed by atoms with van der Waals surface area (Å²) in [6.07, 6.45) is 0.799. The maximum Gasteiger partial charge on any atom is 0.161 e. The Labute approximate surface area is 78.1 Å². The van der Waals surface area contributed by atoms with E-state index < -0.39 is 0 Å². The van der Waals surface area contributed by atoms with E-state index in [2.05, 4.69) is 0 Å². The van der Waals surface area contributed by atoms with Gasteiger partial charge in [-0.1, -0.05) is 6.07 Å². The summed E-state index contributed by atoms with van der Waals surface area (Å²) in [4.78, 5) is 0. The van der Waals surface area contributed by atoms with Gasteiger partial charge in [0.1, 0.15) is 0 Å². The Morgan fingerprint density at radius 2 is 2.23 bits per heavy atom. The SMILES string of the molecule is Cc1ccc(O)c(OCCCN)c1. The largest absolute Gasteiger partial charge is 0.504 e. The van der Waals surface area contributed by atoms with Crippen molar-refractivity contribution in [3.05, 3.63) is 23.8 Å². The lowest BCUT2D eigenvalue weighted by atomic mass is 10.2. The zero-order valence-electron chi connectivity index (χ0n) is 7.79. The van der Waals surface area contributed by atoms with Crippen molar-refractivity contribution in [2.75, 3.05) is 13.2 Å². The molecule has 1 rings (SSSR count). The molecule has 3 nitrogen and oxygen atoms in total. The molecule has 0 aliphatic carbocycles. The molecule has 0 aromatic heterocycles. The Balaban J connectivity index is 2.59. The van der Waals surface area contributed by atoms with Gasteiger partial charge in [-0.2, -0.15) is 0 Å². The van der Waals surface area contributed by atoms with Crippen LogP contribution in [0, 0.1) is 6.92 Å². The molecule has 3 heteroatoms. The molecule has 0 radical (unpaired) electrons. The molecule has 0 saturated heterocycles. The number of phenols is 1. The Morgan fingerprint density at radius 1 is 1.46 bits per heavy atom. The highest BCUT2D eigenvalue weighted by molar-refractivity contribution is 5.41. The lowest BCUT2D eigenvalue weighted by Crippen LogP contribution is -2.06. The molecule has 0 amide bonds. The van der Waals surface area contributed by atoms with Gasteiger partial charge in [-0.15, -0.1) is 0 Å². The summed E-state index contributed by atoms with van der Waals surface area (Å²) in [5.41, 5.74) is 6.39. The van der Waals surface area contributed by atoms with Crippen LogP contribution in [-0.2, 0) is 0 Å². The van der Waals surface area contributed by atoms with E-state index in [1.54, 1.807) is 6.07 Å². The van der Waals surface area contributed by atoms with Gasteiger partial charge in [0.15, 0.2) is 11.5 Å². The third-order valence-corrected chi connectivity index (χ3v) is 1.72. The van der Waals surface area contributed by atoms with Crippen LogP contribution in [0.25, 0.3) is 0 Å². The monoisotopic (exact) mass is 181 g/mol. The molecule has 3 N–H and O–H groups in total. The maximum absolute atomic E-state index is 9.38. The van der Waals surface area contributed by atoms with E-state index in [1.807, 2.05) is 19.1 Å². The second-order valence-corrected chi connectivity index (χ2v) is 2.96. The first-order valence-electron chi connectivity index (χ1n) is 4.36. The van der Waals surface area contributed by atoms with Gasteiger partial charge < -0.3 is 15.6 Å². The van der Waals surface area contributed by atoms with E-state index in [1.165, 1.54) is 0 Å². The zero-order valence-corrected chi connectivity index (χ0v) is 7.79. The summed E-state index contributed by atoms with van der Waals surface area (Å²) in [6.45, 7) is 3.11. The Morgan fingerprint density at radius 3 is 2.92 bits per heavy atom. The Kier molecular flexibility index (Phi) is 3.58. The van der Waals surface area contributed by atoms with Gasteiger partial charge >= 0.3 is 0 Å². The fraction of sp³-hybridized carbons (Fsp3) is 0.400. The number of hydrogen-bond acceptors (Lipinski definition) is 3. The van der Waals surface area contributed by atoms with Crippen molar-refractivity contribution in [2.45, 2.75) is 13.3 Å². The van der Waals surface area contributed by atoms with Gasteiger partial charge in [0.2, 0.25) is 0 Å². The number of hydrogen-bond donors (Lipinski definition) is 2. The van der Waals surface area contributed by atoms with Gasteiger partial charge in [0.25, 0.3) is 0 Å². The fourth-order valence-electron chi connectivity index (χ4n) is 1.00. The average molecular weight is 181 g/mol. The summed E-state index contributed by atoms with van der Waals surface area (Å²) in [6, 6.07) is 5.28. The van der Waals surface area contributed by atoms with E-state index in [4.69, 9.17) is 10.5 Å². The minimum atomic E-state index is 0.183. The third kappa shape index (κ3) is 2.95. The van der Waals surface area contributed by atoms with Crippen molar-refractivity contribution in [1.82, 2.24) is 0 Å². The lowest BCUT2D eigenvalue weighted by molar-refractivity contribution is 0.296. The van der Waals surface area contributed by atoms with E-state index in [0.29, 0.717) is 18.9 Å². The number of aryl methyl sites for hydroxylation is 1. The molecule has 0 heterocycles. The first-order valence-corrected chi connectivity index (χ1v) is 4.36. The number of nitrogens with two attached hydrogens (primary N) is 1. The predicted octanol–water partition coefficient (Wildman–Crippen LogP) is 1.43. The summed E-state index contributed by atoms with van der Waals surface area (Å²) in [5, 5.41) is 9.38. The van der Waals surface area contributed by atoms with E-state index in [-0.39, 0.29) is 5.75 Å². The van der Waals surface area contributed by atoms with Crippen LogP contribution in [0.15, 0.2) is 18.2 Å². The predicted molar refractivity (Wildman–Crippen MR) is 52.0 cm³/mol. The quantitative estimate of drug-likeness (QED) is 0.691. The van der Waals surface area contributed by atoms with Gasteiger partial charge in [0.05, 0.1) is 6.61 Å². The van der Waals surface area contributed by atoms with Crippen LogP contribution in [0.5, 0.6) is 11.5 Å². The molecular weight excluding hydrogens is 166 g/mol. The van der Waals surface area contributed by atoms with E-state index in [9.17, 15) is 5.11 Å². The highest BCUT2D eigenvalue weighted by Gasteiger charge is 2.00. The molecule has 0 saturated carbocycles. The summed E-state index contributed by atoms with van der Waals surface area (Å²) in [5.74, 6) is 0.719. The van der Waals surface area contributed by atoms with Gasteiger partial charge in [-0.05, 0) is 37.6 Å². The molecule has 72 valence electrons. The van der Waals surface area contributed by atoms with Crippen LogP contribution in [0.1, 0.15) is 12.0 Å². The van der Waals surface area contributed by atoms with Crippen molar-refractivity contribution in [3.8, 4) is 11.5 Å². The van der Waals surface area contributed by atoms with Crippen LogP contribution in [0.3, 0.4) is 0 Å². The van der Waals surface area contributed by atoms with Crippen molar-refractivity contribution in [1.29, 1.82) is 0 Å². The maximum atomic E-state index is 9.38. The molecule has 1 aromatic rings. The molecule has 0 atom stereocenters. The normalized spacial score (nSPS) is 10.0. The Bertz CT molecular complexity index is 274. The first kappa shape index (κ1) is 9.86. The molecule has 13 heavy (non-hydrogen) atoms. The van der Waals surface area contributed by atoms with Crippen LogP contribution in [-0.4, -0.2) is 18.3 Å². The third-order valence-electron chi connectivity index (χ3n) is 1.72. The van der Waals surface area contributed by atoms with E-state index >= 15 is 0 Å². The molecule has 0 aliphatic rings. The molecule has 0 aliphatic heterocycles. The molecule has 0 bridgehead atoms. The van der Waals surface area contributed by atoms with Gasteiger partial charge in [-0.3, -0.25) is 0 Å². The second-order valence-electron chi connectivity index (χ2n) is 2.96. The number of aromatic hydroxyl groups is 1. The standard InChI is InChI=1S/C10H15NO2/c1-8-3-4-9(12)10(7-8)13-6-2-5-11/h3-4,7,12H,2,5-6,11H2,1H3. The van der Waals surface area contributed by atoms with Gasteiger partial charge in [0, 0.05) is 0 Å². The van der Waals surface area contributed by atoms with Crippen molar-refractivity contribution >= 4 is 0 Å². The fourth-order valence-corrected chi connectivity index (χ4v) is 1.00. The smallest absolute Gasteiger partial charge is 0.161 e. The highest BCUT2D eigenvalue weighted by atomic mass is 16.5. The highest BCUT2D eigenvalue weighted by Crippen LogP contribution is 2.26. The van der Waals surface area contributed by atoms with Crippen molar-refractivity contribution in [3.63, 3.8) is 0 Å². The van der Waals surface area contributed by atoms with Crippen LogP contribution in [0.4, 0.5) is 0 Å². The minimum absolute atomic E-state index is 0.183. The van der Waals surface area contributed by atoms with Crippen LogP contribution < -0.4 is 10.5 Å². The molecule has 0 spiro atoms. The first-order chi connectivity index (χ1) is 6.24. The number of rotatable bonds is 4. The average Bonchev–Trinajstić information content (AvgIpc) is 2.11. The molecular formula is C10H15NO2. The van der Waals surface area contributed by atoms with Crippen molar-refractivity contribution in [2.24, 2.45) is 5.73 Å². The molecule has 1 aromatic carbocycles. The second kappa shape index (κ2) is 4.72. The number of benzene rings is 1. The molecule has 0 fully saturated rings. The molecule has 0 unspecified atom stereocenters. The minimum Gasteiger partial charge on any atom is -0.504 e. The Hall–Kier alpha value is -1.22. The summed E-state index contributed by atoms with van der Waals surface area (Å²) < 4.78 is 5.33. The zero-order chi connectivity index (χ0) is 9.68. The van der Waals surface area contributed by atoms with Crippen LogP contribution >= 0.6 is 0 Å². The van der Waals surface area contributed by atoms with Crippen LogP contribution in [0.2, 0.25) is 0 Å². The van der Waals surface area contributed by atoms with Crippen molar-refractivity contribution < 1.29 is 9.84 Å². The number of phenolic OH excluding ortho intramolecular Hbond substituents is 1. The topological polar surface area (TPSA) is 55.5 Å². The summed E-state index contributed by atoms with van der Waals surface area (Å²) >= 11 is 0. The summed E-state index contributed by atoms with van der Waals surface area (Å²) in [7, 11) is 0.